The van der Waals surface area contributed by atoms with Crippen LogP contribution in [0.1, 0.15) is 24.1 Å². The molecule has 0 heterocycles. The van der Waals surface area contributed by atoms with Gasteiger partial charge in [-0.1, -0.05) is 23.7 Å². The minimum absolute atomic E-state index is 0.107. The highest BCUT2D eigenvalue weighted by molar-refractivity contribution is 6.30. The highest BCUT2D eigenvalue weighted by Crippen LogP contribution is 2.24. The van der Waals surface area contributed by atoms with Crippen molar-refractivity contribution in [2.24, 2.45) is 0 Å². The van der Waals surface area contributed by atoms with E-state index in [0.29, 0.717) is 16.3 Å². The zero-order valence-electron chi connectivity index (χ0n) is 10.3. The first-order valence-electron chi connectivity index (χ1n) is 5.82. The van der Waals surface area contributed by atoms with Gasteiger partial charge in [-0.3, -0.25) is 0 Å². The molecule has 0 aliphatic rings. The van der Waals surface area contributed by atoms with Crippen LogP contribution in [0.3, 0.4) is 0 Å². The van der Waals surface area contributed by atoms with Crippen LogP contribution in [0.4, 0.5) is 10.1 Å². The van der Waals surface area contributed by atoms with Crippen LogP contribution in [0, 0.1) is 17.1 Å². The molecule has 0 saturated heterocycles. The Labute approximate surface area is 116 Å². The zero-order valence-corrected chi connectivity index (χ0v) is 11.1. The Kier molecular flexibility index (Phi) is 4.03. The summed E-state index contributed by atoms with van der Waals surface area (Å²) in [7, 11) is 0. The van der Waals surface area contributed by atoms with E-state index in [-0.39, 0.29) is 11.9 Å². The highest BCUT2D eigenvalue weighted by Gasteiger charge is 2.09. The van der Waals surface area contributed by atoms with Crippen LogP contribution in [-0.2, 0) is 0 Å². The predicted octanol–water partition coefficient (Wildman–Crippen LogP) is 4.52. The Morgan fingerprint density at radius 1 is 1.26 bits per heavy atom. The fraction of sp³-hybridized carbons (Fsp3) is 0.133. The quantitative estimate of drug-likeness (QED) is 0.893. The van der Waals surface area contributed by atoms with Gasteiger partial charge in [0.2, 0.25) is 0 Å². The lowest BCUT2D eigenvalue weighted by Crippen LogP contribution is -2.08. The van der Waals surface area contributed by atoms with Crippen molar-refractivity contribution < 1.29 is 4.39 Å². The van der Waals surface area contributed by atoms with Crippen LogP contribution < -0.4 is 5.32 Å². The van der Waals surface area contributed by atoms with Crippen molar-refractivity contribution >= 4 is 17.3 Å². The smallest absolute Gasteiger partial charge is 0.123 e. The Hall–Kier alpha value is -2.05. The number of benzene rings is 2. The lowest BCUT2D eigenvalue weighted by Gasteiger charge is -2.16. The second-order valence-electron chi connectivity index (χ2n) is 4.22. The van der Waals surface area contributed by atoms with E-state index in [4.69, 9.17) is 16.9 Å². The molecule has 2 nitrogen and oxygen atoms in total. The van der Waals surface area contributed by atoms with Crippen LogP contribution >= 0.6 is 11.6 Å². The van der Waals surface area contributed by atoms with Gasteiger partial charge in [0.15, 0.2) is 0 Å². The zero-order chi connectivity index (χ0) is 13.8. The SMILES string of the molecule is CC(Nc1ccc(Cl)cc1C#N)c1cccc(F)c1. The number of nitriles is 1. The number of hydrogen-bond donors (Lipinski definition) is 1. The molecule has 2 aromatic rings. The third-order valence-corrected chi connectivity index (χ3v) is 3.06. The molecule has 1 N–H and O–H groups in total. The number of hydrogen-bond acceptors (Lipinski definition) is 2. The average Bonchev–Trinajstić information content (AvgIpc) is 2.40. The lowest BCUT2D eigenvalue weighted by molar-refractivity contribution is 0.623. The van der Waals surface area contributed by atoms with Gasteiger partial charge in [-0.25, -0.2) is 4.39 Å². The van der Waals surface area contributed by atoms with E-state index in [9.17, 15) is 4.39 Å². The molecule has 96 valence electrons. The summed E-state index contributed by atoms with van der Waals surface area (Å²) in [5.74, 6) is -0.275. The van der Waals surface area contributed by atoms with Crippen molar-refractivity contribution in [3.63, 3.8) is 0 Å². The van der Waals surface area contributed by atoms with Crippen molar-refractivity contribution in [1.82, 2.24) is 0 Å². The fourth-order valence-corrected chi connectivity index (χ4v) is 2.00. The molecule has 2 aromatic carbocycles. The van der Waals surface area contributed by atoms with Gasteiger partial charge in [-0.05, 0) is 42.8 Å². The van der Waals surface area contributed by atoms with E-state index in [1.54, 1.807) is 24.3 Å². The summed E-state index contributed by atoms with van der Waals surface area (Å²) in [5, 5.41) is 12.8. The summed E-state index contributed by atoms with van der Waals surface area (Å²) < 4.78 is 13.2. The molecule has 0 aromatic heterocycles. The van der Waals surface area contributed by atoms with E-state index >= 15 is 0 Å². The van der Waals surface area contributed by atoms with E-state index in [1.807, 2.05) is 13.0 Å². The summed E-state index contributed by atoms with van der Waals surface area (Å²) >= 11 is 5.84. The Morgan fingerprint density at radius 2 is 2.05 bits per heavy atom. The Morgan fingerprint density at radius 3 is 2.74 bits per heavy atom. The summed E-state index contributed by atoms with van der Waals surface area (Å²) in [6.45, 7) is 1.91. The minimum atomic E-state index is -0.275. The topological polar surface area (TPSA) is 35.8 Å². The maximum absolute atomic E-state index is 13.2. The largest absolute Gasteiger partial charge is 0.377 e. The Balaban J connectivity index is 2.24. The number of nitrogens with one attached hydrogen (secondary N) is 1. The molecule has 0 saturated carbocycles. The van der Waals surface area contributed by atoms with Gasteiger partial charge in [0.05, 0.1) is 11.3 Å². The molecule has 0 amide bonds. The van der Waals surface area contributed by atoms with E-state index in [0.717, 1.165) is 5.56 Å². The minimum Gasteiger partial charge on any atom is -0.377 e. The van der Waals surface area contributed by atoms with Crippen molar-refractivity contribution in [3.8, 4) is 6.07 Å². The van der Waals surface area contributed by atoms with Crippen LogP contribution in [0.2, 0.25) is 5.02 Å². The molecule has 1 unspecified atom stereocenters. The first kappa shape index (κ1) is 13.4. The molecule has 2 rings (SSSR count). The molecule has 0 radical (unpaired) electrons. The molecule has 1 atom stereocenters. The molecule has 4 heteroatoms. The van der Waals surface area contributed by atoms with Crippen LogP contribution in [0.5, 0.6) is 0 Å². The molecule has 0 bridgehead atoms. The van der Waals surface area contributed by atoms with E-state index in [1.165, 1.54) is 12.1 Å². The molecule has 0 spiro atoms. The highest BCUT2D eigenvalue weighted by atomic mass is 35.5. The average molecular weight is 275 g/mol. The summed E-state index contributed by atoms with van der Waals surface area (Å²) in [6.07, 6.45) is 0. The predicted molar refractivity (Wildman–Crippen MR) is 74.6 cm³/mol. The number of rotatable bonds is 3. The Bertz CT molecular complexity index is 634. The molecule has 19 heavy (non-hydrogen) atoms. The molecular weight excluding hydrogens is 263 g/mol. The van der Waals surface area contributed by atoms with Crippen molar-refractivity contribution in [2.75, 3.05) is 5.32 Å². The van der Waals surface area contributed by atoms with Gasteiger partial charge in [-0.15, -0.1) is 0 Å². The van der Waals surface area contributed by atoms with Crippen molar-refractivity contribution in [1.29, 1.82) is 5.26 Å². The summed E-state index contributed by atoms with van der Waals surface area (Å²) in [6, 6.07) is 13.4. The van der Waals surface area contributed by atoms with Gasteiger partial charge in [0, 0.05) is 11.1 Å². The standard InChI is InChI=1S/C15H12ClFN2/c1-10(11-3-2-4-14(17)8-11)19-15-6-5-13(16)7-12(15)9-18/h2-8,10,19H,1H3. The van der Waals surface area contributed by atoms with Gasteiger partial charge in [0.1, 0.15) is 11.9 Å². The maximum Gasteiger partial charge on any atom is 0.123 e. The number of nitrogens with zero attached hydrogens (tertiary/aromatic N) is 1. The normalized spacial score (nSPS) is 11.7. The summed E-state index contributed by atoms with van der Waals surface area (Å²) in [5.41, 5.74) is 1.97. The van der Waals surface area contributed by atoms with Crippen LogP contribution in [0.15, 0.2) is 42.5 Å². The number of halogens is 2. The first-order valence-corrected chi connectivity index (χ1v) is 6.19. The van der Waals surface area contributed by atoms with Crippen LogP contribution in [-0.4, -0.2) is 0 Å². The third-order valence-electron chi connectivity index (χ3n) is 2.82. The van der Waals surface area contributed by atoms with Crippen molar-refractivity contribution in [3.05, 3.63) is 64.4 Å². The van der Waals surface area contributed by atoms with E-state index in [2.05, 4.69) is 11.4 Å². The van der Waals surface area contributed by atoms with Gasteiger partial charge >= 0.3 is 0 Å². The fourth-order valence-electron chi connectivity index (χ4n) is 1.83. The second-order valence-corrected chi connectivity index (χ2v) is 4.66. The summed E-state index contributed by atoms with van der Waals surface area (Å²) in [4.78, 5) is 0. The molecule has 0 aliphatic heterocycles. The van der Waals surface area contributed by atoms with Gasteiger partial charge in [-0.2, -0.15) is 5.26 Å². The molecule has 0 fully saturated rings. The monoisotopic (exact) mass is 274 g/mol. The van der Waals surface area contributed by atoms with E-state index < -0.39 is 0 Å². The second kappa shape index (κ2) is 5.73. The number of anilines is 1. The maximum atomic E-state index is 13.2. The van der Waals surface area contributed by atoms with Gasteiger partial charge in [0.25, 0.3) is 0 Å². The van der Waals surface area contributed by atoms with Crippen LogP contribution in [0.25, 0.3) is 0 Å². The first-order chi connectivity index (χ1) is 9.10. The lowest BCUT2D eigenvalue weighted by atomic mass is 10.1. The van der Waals surface area contributed by atoms with Crippen molar-refractivity contribution in [2.45, 2.75) is 13.0 Å². The molecular formula is C15H12ClFN2. The molecule has 0 aliphatic carbocycles. The van der Waals surface area contributed by atoms with Gasteiger partial charge < -0.3 is 5.32 Å². The third kappa shape index (κ3) is 3.24.